The molecule has 1 unspecified atom stereocenters. The molecule has 0 aliphatic rings. The Hall–Kier alpha value is -1.74. The van der Waals surface area contributed by atoms with Gasteiger partial charge in [-0.25, -0.2) is 13.8 Å². The van der Waals surface area contributed by atoms with Crippen LogP contribution in [0.4, 0.5) is 8.78 Å². The van der Waals surface area contributed by atoms with Gasteiger partial charge >= 0.3 is 0 Å². The molecule has 2 aromatic rings. The molecule has 0 fully saturated rings. The first-order valence-electron chi connectivity index (χ1n) is 7.78. The monoisotopic (exact) mass is 461 g/mol. The van der Waals surface area contributed by atoms with Crippen molar-refractivity contribution in [2.45, 2.75) is 19.6 Å². The lowest BCUT2D eigenvalue weighted by Gasteiger charge is -2.15. The average Bonchev–Trinajstić information content (AvgIpc) is 2.58. The van der Waals surface area contributed by atoms with Crippen molar-refractivity contribution >= 4 is 29.9 Å². The number of hydrogen-bond acceptors (Lipinski definition) is 2. The second-order valence-corrected chi connectivity index (χ2v) is 5.27. The number of guanidine groups is 1. The lowest BCUT2D eigenvalue weighted by atomic mass is 10.1. The van der Waals surface area contributed by atoms with Crippen molar-refractivity contribution in [2.24, 2.45) is 4.99 Å². The molecule has 2 aromatic carbocycles. The van der Waals surface area contributed by atoms with Crippen LogP contribution in [0, 0.1) is 11.6 Å². The average molecular weight is 461 g/mol. The first kappa shape index (κ1) is 21.3. The predicted molar refractivity (Wildman–Crippen MR) is 106 cm³/mol. The summed E-state index contributed by atoms with van der Waals surface area (Å²) < 4.78 is 26.1. The summed E-state index contributed by atoms with van der Waals surface area (Å²) in [6.45, 7) is 3.12. The smallest absolute Gasteiger partial charge is 0.191 e. The molecule has 0 saturated carbocycles. The normalized spacial score (nSPS) is 12.2. The van der Waals surface area contributed by atoms with Crippen LogP contribution in [-0.2, 0) is 6.54 Å². The molecule has 0 bridgehead atoms. The molecule has 3 N–H and O–H groups in total. The number of nitrogens with zero attached hydrogens (tertiary/aromatic N) is 1. The summed E-state index contributed by atoms with van der Waals surface area (Å²) in [6.07, 6.45) is -0.788. The Labute approximate surface area is 163 Å². The van der Waals surface area contributed by atoms with Crippen LogP contribution in [-0.4, -0.2) is 24.2 Å². The molecule has 7 heteroatoms. The van der Waals surface area contributed by atoms with E-state index in [1.807, 2.05) is 6.92 Å². The minimum Gasteiger partial charge on any atom is -0.387 e. The summed E-state index contributed by atoms with van der Waals surface area (Å²) in [6, 6.07) is 11.9. The highest BCUT2D eigenvalue weighted by Crippen LogP contribution is 2.12. The summed E-state index contributed by atoms with van der Waals surface area (Å²) in [7, 11) is 0. The Morgan fingerprint density at radius 2 is 1.80 bits per heavy atom. The number of nitrogens with one attached hydrogen (secondary N) is 2. The quantitative estimate of drug-likeness (QED) is 0.352. The highest BCUT2D eigenvalue weighted by Gasteiger charge is 2.08. The highest BCUT2D eigenvalue weighted by molar-refractivity contribution is 14.0. The molecular weight excluding hydrogens is 439 g/mol. The van der Waals surface area contributed by atoms with Gasteiger partial charge in [-0.2, -0.15) is 0 Å². The first-order valence-corrected chi connectivity index (χ1v) is 7.78. The van der Waals surface area contributed by atoms with E-state index in [-0.39, 0.29) is 42.2 Å². The molecule has 25 heavy (non-hydrogen) atoms. The van der Waals surface area contributed by atoms with Crippen LogP contribution in [0.3, 0.4) is 0 Å². The van der Waals surface area contributed by atoms with E-state index in [9.17, 15) is 13.9 Å². The van der Waals surface area contributed by atoms with Gasteiger partial charge in [0.15, 0.2) is 5.96 Å². The molecule has 1 atom stereocenters. The third kappa shape index (κ3) is 7.35. The maximum absolute atomic E-state index is 13.2. The molecule has 4 nitrogen and oxygen atoms in total. The van der Waals surface area contributed by atoms with Crippen LogP contribution in [0.2, 0.25) is 0 Å². The molecule has 2 rings (SSSR count). The number of hydrogen-bond donors (Lipinski definition) is 3. The van der Waals surface area contributed by atoms with Crippen molar-refractivity contribution in [3.8, 4) is 0 Å². The van der Waals surface area contributed by atoms with E-state index in [0.717, 1.165) is 5.56 Å². The Balaban J connectivity index is 0.00000312. The van der Waals surface area contributed by atoms with Gasteiger partial charge in [0.1, 0.15) is 11.6 Å². The maximum Gasteiger partial charge on any atom is 0.191 e. The number of benzene rings is 2. The van der Waals surface area contributed by atoms with Crippen LogP contribution in [0.15, 0.2) is 53.5 Å². The lowest BCUT2D eigenvalue weighted by molar-refractivity contribution is 0.180. The Morgan fingerprint density at radius 1 is 1.08 bits per heavy atom. The SMILES string of the molecule is CCNC(=NCc1cccc(F)c1)NCC(O)c1ccc(F)cc1.I. The number of rotatable bonds is 6. The van der Waals surface area contributed by atoms with Gasteiger partial charge in [-0.15, -0.1) is 24.0 Å². The third-order valence-electron chi connectivity index (χ3n) is 3.37. The Bertz CT molecular complexity index is 680. The van der Waals surface area contributed by atoms with Crippen molar-refractivity contribution in [3.05, 3.63) is 71.3 Å². The van der Waals surface area contributed by atoms with E-state index in [1.54, 1.807) is 24.3 Å². The van der Waals surface area contributed by atoms with Gasteiger partial charge < -0.3 is 15.7 Å². The molecule has 0 radical (unpaired) electrons. The molecule has 0 heterocycles. The van der Waals surface area contributed by atoms with E-state index in [4.69, 9.17) is 0 Å². The second-order valence-electron chi connectivity index (χ2n) is 5.27. The van der Waals surface area contributed by atoms with Gasteiger partial charge in [0, 0.05) is 13.1 Å². The van der Waals surface area contributed by atoms with Gasteiger partial charge in [-0.05, 0) is 42.3 Å². The Morgan fingerprint density at radius 3 is 2.44 bits per heavy atom. The van der Waals surface area contributed by atoms with Crippen LogP contribution in [0.5, 0.6) is 0 Å². The lowest BCUT2D eigenvalue weighted by Crippen LogP contribution is -2.39. The highest BCUT2D eigenvalue weighted by atomic mass is 127. The number of aliphatic hydroxyl groups excluding tert-OH is 1. The molecule has 0 aliphatic heterocycles. The van der Waals surface area contributed by atoms with Crippen molar-refractivity contribution in [1.29, 1.82) is 0 Å². The molecule has 0 saturated heterocycles. The number of aliphatic imine (C=N–C) groups is 1. The molecule has 136 valence electrons. The van der Waals surface area contributed by atoms with Gasteiger partial charge in [-0.3, -0.25) is 0 Å². The summed E-state index contributed by atoms with van der Waals surface area (Å²) in [4.78, 5) is 4.36. The zero-order valence-corrected chi connectivity index (χ0v) is 16.2. The predicted octanol–water partition coefficient (Wildman–Crippen LogP) is 3.37. The van der Waals surface area contributed by atoms with E-state index >= 15 is 0 Å². The largest absolute Gasteiger partial charge is 0.387 e. The maximum atomic E-state index is 13.2. The molecule has 0 amide bonds. The van der Waals surface area contributed by atoms with Crippen LogP contribution < -0.4 is 10.6 Å². The van der Waals surface area contributed by atoms with E-state index in [2.05, 4.69) is 15.6 Å². The van der Waals surface area contributed by atoms with Crippen LogP contribution in [0.1, 0.15) is 24.2 Å². The van der Waals surface area contributed by atoms with Crippen molar-refractivity contribution < 1.29 is 13.9 Å². The summed E-state index contributed by atoms with van der Waals surface area (Å²) in [5.41, 5.74) is 1.37. The molecule has 0 aliphatic carbocycles. The molecule has 0 spiro atoms. The summed E-state index contributed by atoms with van der Waals surface area (Å²) in [5.74, 6) is -0.126. The van der Waals surface area contributed by atoms with Gasteiger partial charge in [0.25, 0.3) is 0 Å². The van der Waals surface area contributed by atoms with E-state index in [0.29, 0.717) is 24.6 Å². The zero-order chi connectivity index (χ0) is 17.4. The van der Waals surface area contributed by atoms with Crippen molar-refractivity contribution in [2.75, 3.05) is 13.1 Å². The Kier molecular flexibility index (Phi) is 9.36. The van der Waals surface area contributed by atoms with Gasteiger partial charge in [-0.1, -0.05) is 24.3 Å². The fourth-order valence-electron chi connectivity index (χ4n) is 2.14. The van der Waals surface area contributed by atoms with Crippen LogP contribution >= 0.6 is 24.0 Å². The number of halogens is 3. The molecular formula is C18H22F2IN3O. The summed E-state index contributed by atoms with van der Waals surface area (Å²) >= 11 is 0. The minimum atomic E-state index is -0.788. The third-order valence-corrected chi connectivity index (χ3v) is 3.37. The van der Waals surface area contributed by atoms with Crippen LogP contribution in [0.25, 0.3) is 0 Å². The minimum absolute atomic E-state index is 0. The van der Waals surface area contributed by atoms with E-state index in [1.165, 1.54) is 24.3 Å². The van der Waals surface area contributed by atoms with E-state index < -0.39 is 6.10 Å². The fourth-order valence-corrected chi connectivity index (χ4v) is 2.14. The van der Waals surface area contributed by atoms with Crippen molar-refractivity contribution in [3.63, 3.8) is 0 Å². The fraction of sp³-hybridized carbons (Fsp3) is 0.278. The second kappa shape index (κ2) is 11.0. The number of aliphatic hydroxyl groups is 1. The van der Waals surface area contributed by atoms with Gasteiger partial charge in [0.05, 0.1) is 12.6 Å². The summed E-state index contributed by atoms with van der Waals surface area (Å²) in [5, 5.41) is 16.2. The van der Waals surface area contributed by atoms with Gasteiger partial charge in [0.2, 0.25) is 0 Å². The molecule has 0 aromatic heterocycles. The standard InChI is InChI=1S/C18H21F2N3O.HI/c1-2-21-18(22-11-13-4-3-5-16(20)10-13)23-12-17(24)14-6-8-15(19)9-7-14;/h3-10,17,24H,2,11-12H2,1H3,(H2,21,22,23);1H. The van der Waals surface area contributed by atoms with Crippen molar-refractivity contribution in [1.82, 2.24) is 10.6 Å². The first-order chi connectivity index (χ1) is 11.6. The topological polar surface area (TPSA) is 56.7 Å². The zero-order valence-electron chi connectivity index (χ0n) is 13.9.